The molecule has 3 unspecified atom stereocenters. The maximum Gasteiger partial charge on any atom is 0.159 e. The summed E-state index contributed by atoms with van der Waals surface area (Å²) in [5.41, 5.74) is 1.48. The second kappa shape index (κ2) is 7.73. The van der Waals surface area contributed by atoms with Crippen LogP contribution in [0.5, 0.6) is 0 Å². The minimum absolute atomic E-state index is 0.0476. The molecule has 166 valence electrons. The molecule has 0 heterocycles. The summed E-state index contributed by atoms with van der Waals surface area (Å²) in [6.45, 7) is 11.0. The zero-order chi connectivity index (χ0) is 21.8. The van der Waals surface area contributed by atoms with Crippen molar-refractivity contribution in [2.45, 2.75) is 85.7 Å². The highest BCUT2D eigenvalue weighted by Crippen LogP contribution is 2.66. The van der Waals surface area contributed by atoms with Crippen molar-refractivity contribution >= 4 is 11.6 Å². The lowest BCUT2D eigenvalue weighted by atomic mass is 9.46. The highest BCUT2D eigenvalue weighted by Gasteiger charge is 2.61. The molecule has 0 aromatic carbocycles. The predicted octanol–water partition coefficient (Wildman–Crippen LogP) is 5.52. The van der Waals surface area contributed by atoms with Crippen molar-refractivity contribution in [3.05, 3.63) is 23.8 Å². The molecule has 4 aliphatic rings. The van der Waals surface area contributed by atoms with Crippen LogP contribution < -0.4 is 0 Å². The number of aliphatic hydroxyl groups is 1. The van der Waals surface area contributed by atoms with Gasteiger partial charge in [-0.2, -0.15) is 0 Å². The van der Waals surface area contributed by atoms with E-state index in [1.54, 1.807) is 6.08 Å². The molecule has 0 saturated heterocycles. The fourth-order valence-corrected chi connectivity index (χ4v) is 7.86. The fourth-order valence-electron chi connectivity index (χ4n) is 7.86. The van der Waals surface area contributed by atoms with Crippen LogP contribution in [-0.4, -0.2) is 22.8 Å². The van der Waals surface area contributed by atoms with Gasteiger partial charge in [0.05, 0.1) is 6.10 Å². The molecule has 4 rings (SSSR count). The van der Waals surface area contributed by atoms with E-state index < -0.39 is 0 Å². The smallest absolute Gasteiger partial charge is 0.159 e. The summed E-state index contributed by atoms with van der Waals surface area (Å²) in [7, 11) is 0. The molecule has 1 N–H and O–H groups in total. The van der Waals surface area contributed by atoms with Crippen molar-refractivity contribution in [1.29, 1.82) is 0 Å². The maximum absolute atomic E-state index is 13.4. The molecule has 0 aromatic rings. The molecular weight excluding hydrogens is 372 g/mol. The quantitative estimate of drug-likeness (QED) is 0.618. The van der Waals surface area contributed by atoms with Crippen molar-refractivity contribution in [1.82, 2.24) is 0 Å². The van der Waals surface area contributed by atoms with Gasteiger partial charge in [0.15, 0.2) is 11.6 Å². The molecule has 30 heavy (non-hydrogen) atoms. The number of allylic oxidation sites excluding steroid dienone is 3. The maximum atomic E-state index is 13.4. The Morgan fingerprint density at radius 2 is 1.83 bits per heavy atom. The molecule has 0 amide bonds. The van der Waals surface area contributed by atoms with E-state index in [0.29, 0.717) is 35.9 Å². The van der Waals surface area contributed by atoms with E-state index in [0.717, 1.165) is 32.1 Å². The molecule has 0 spiro atoms. The van der Waals surface area contributed by atoms with Gasteiger partial charge in [0.2, 0.25) is 0 Å². The number of hydrogen-bond acceptors (Lipinski definition) is 3. The van der Waals surface area contributed by atoms with Gasteiger partial charge in [-0.05, 0) is 91.6 Å². The third-order valence-electron chi connectivity index (χ3n) is 9.76. The van der Waals surface area contributed by atoms with Crippen molar-refractivity contribution in [3.63, 3.8) is 0 Å². The van der Waals surface area contributed by atoms with E-state index in [1.807, 2.05) is 19.9 Å². The standard InChI is InChI=1S/C27H40O3/c1-16(2)23(29)9-6-17(3)20-7-8-21-25-22(11-13-27(20,21)5)26(4)12-10-19(28)14-18(26)15-24(25)30/h6,9,15-17,19-22,25,28H,7-8,10-14H2,1-5H3/b9-6+/t17-,19+,20-,21?,22?,25?,26+,27-/m1/s1. The first-order chi connectivity index (χ1) is 14.1. The van der Waals surface area contributed by atoms with Crippen LogP contribution in [0.3, 0.4) is 0 Å². The molecule has 0 aromatic heterocycles. The zero-order valence-corrected chi connectivity index (χ0v) is 19.5. The molecule has 3 saturated carbocycles. The summed E-state index contributed by atoms with van der Waals surface area (Å²) in [5.74, 6) is 2.52. The normalized spacial score (nSPS) is 44.4. The Bertz CT molecular complexity index is 777. The Hall–Kier alpha value is -1.22. The third-order valence-corrected chi connectivity index (χ3v) is 9.76. The second-order valence-electron chi connectivity index (χ2n) is 11.6. The lowest BCUT2D eigenvalue weighted by molar-refractivity contribution is -0.134. The minimum atomic E-state index is -0.278. The fraction of sp³-hybridized carbons (Fsp3) is 0.778. The molecule has 3 heteroatoms. The first-order valence-electron chi connectivity index (χ1n) is 12.2. The minimum Gasteiger partial charge on any atom is -0.393 e. The molecule has 0 bridgehead atoms. The van der Waals surface area contributed by atoms with Gasteiger partial charge in [0.1, 0.15) is 0 Å². The summed E-state index contributed by atoms with van der Waals surface area (Å²) in [6.07, 6.45) is 12.7. The van der Waals surface area contributed by atoms with Crippen molar-refractivity contribution in [2.24, 2.45) is 46.3 Å². The Morgan fingerprint density at radius 3 is 2.53 bits per heavy atom. The highest BCUT2D eigenvalue weighted by molar-refractivity contribution is 5.94. The van der Waals surface area contributed by atoms with E-state index >= 15 is 0 Å². The summed E-state index contributed by atoms with van der Waals surface area (Å²) in [5, 5.41) is 10.2. The van der Waals surface area contributed by atoms with Crippen LogP contribution in [0.4, 0.5) is 0 Å². The number of carbonyl (C=O) groups is 2. The molecule has 0 radical (unpaired) electrons. The average Bonchev–Trinajstić information content (AvgIpc) is 3.04. The van der Waals surface area contributed by atoms with Gasteiger partial charge in [0, 0.05) is 11.8 Å². The topological polar surface area (TPSA) is 54.4 Å². The number of fused-ring (bicyclic) bond motifs is 5. The lowest BCUT2D eigenvalue weighted by Crippen LogP contribution is -2.53. The highest BCUT2D eigenvalue weighted by atomic mass is 16.3. The Labute approximate surface area is 182 Å². The van der Waals surface area contributed by atoms with Gasteiger partial charge in [-0.3, -0.25) is 9.59 Å². The molecule has 8 atom stereocenters. The van der Waals surface area contributed by atoms with E-state index in [2.05, 4.69) is 26.8 Å². The Morgan fingerprint density at radius 1 is 1.10 bits per heavy atom. The monoisotopic (exact) mass is 412 g/mol. The first kappa shape index (κ1) is 22.0. The van der Waals surface area contributed by atoms with Gasteiger partial charge in [-0.15, -0.1) is 0 Å². The average molecular weight is 413 g/mol. The van der Waals surface area contributed by atoms with Crippen LogP contribution >= 0.6 is 0 Å². The predicted molar refractivity (Wildman–Crippen MR) is 120 cm³/mol. The van der Waals surface area contributed by atoms with Crippen LogP contribution in [0.1, 0.15) is 79.6 Å². The largest absolute Gasteiger partial charge is 0.393 e. The number of rotatable bonds is 4. The molecule has 3 nitrogen and oxygen atoms in total. The van der Waals surface area contributed by atoms with Gasteiger partial charge in [-0.1, -0.05) is 46.3 Å². The van der Waals surface area contributed by atoms with Crippen molar-refractivity contribution < 1.29 is 14.7 Å². The van der Waals surface area contributed by atoms with Crippen LogP contribution in [0.15, 0.2) is 23.8 Å². The number of ketones is 2. The van der Waals surface area contributed by atoms with Gasteiger partial charge in [0.25, 0.3) is 0 Å². The van der Waals surface area contributed by atoms with Crippen LogP contribution in [0.25, 0.3) is 0 Å². The van der Waals surface area contributed by atoms with Crippen molar-refractivity contribution in [3.8, 4) is 0 Å². The van der Waals surface area contributed by atoms with Crippen LogP contribution in [0.2, 0.25) is 0 Å². The van der Waals surface area contributed by atoms with E-state index in [1.165, 1.54) is 12.0 Å². The molecule has 4 aliphatic carbocycles. The second-order valence-corrected chi connectivity index (χ2v) is 11.6. The summed E-state index contributed by atoms with van der Waals surface area (Å²) < 4.78 is 0. The van der Waals surface area contributed by atoms with Crippen LogP contribution in [0, 0.1) is 46.3 Å². The SMILES string of the molecule is CC(C)C(=O)/C=C/[C@@H](C)[C@H]1CCC2C3C(=O)C=C4C[C@@H](O)CC[C@]4(C)C3CC[C@@]21C. The molecule has 3 fully saturated rings. The van der Waals surface area contributed by atoms with E-state index in [-0.39, 0.29) is 34.6 Å². The van der Waals surface area contributed by atoms with E-state index in [9.17, 15) is 14.7 Å². The van der Waals surface area contributed by atoms with E-state index in [4.69, 9.17) is 0 Å². The van der Waals surface area contributed by atoms with Crippen LogP contribution in [-0.2, 0) is 9.59 Å². The summed E-state index contributed by atoms with van der Waals surface area (Å²) >= 11 is 0. The number of aliphatic hydroxyl groups excluding tert-OH is 1. The molecular formula is C27H40O3. The van der Waals surface area contributed by atoms with Gasteiger partial charge in [-0.25, -0.2) is 0 Å². The van der Waals surface area contributed by atoms with Crippen molar-refractivity contribution in [2.75, 3.05) is 0 Å². The lowest BCUT2D eigenvalue weighted by Gasteiger charge is -2.57. The Balaban J connectivity index is 1.59. The summed E-state index contributed by atoms with van der Waals surface area (Å²) in [6, 6.07) is 0. The zero-order valence-electron chi connectivity index (χ0n) is 19.5. The third kappa shape index (κ3) is 3.36. The van der Waals surface area contributed by atoms with Gasteiger partial charge >= 0.3 is 0 Å². The number of hydrogen-bond donors (Lipinski definition) is 1. The number of carbonyl (C=O) groups excluding carboxylic acids is 2. The van der Waals surface area contributed by atoms with Gasteiger partial charge < -0.3 is 5.11 Å². The Kier molecular flexibility index (Phi) is 5.66. The molecule has 0 aliphatic heterocycles. The summed E-state index contributed by atoms with van der Waals surface area (Å²) in [4.78, 5) is 25.5. The first-order valence-corrected chi connectivity index (χ1v) is 12.2.